The monoisotopic (exact) mass is 282 g/mol. The zero-order valence-electron chi connectivity index (χ0n) is 13.8. The molecule has 3 nitrogen and oxygen atoms in total. The quantitative estimate of drug-likeness (QED) is 0.811. The number of nitrogens with one attached hydrogen (secondary N) is 1. The Balaban J connectivity index is 1.86. The Hall–Kier alpha value is -0.120. The molecule has 1 aliphatic heterocycles. The summed E-state index contributed by atoms with van der Waals surface area (Å²) in [5.41, 5.74) is 0.528. The molecule has 0 aromatic rings. The van der Waals surface area contributed by atoms with Crippen LogP contribution in [0.5, 0.6) is 0 Å². The molecule has 0 spiro atoms. The summed E-state index contributed by atoms with van der Waals surface area (Å²) in [5.74, 6) is 1.70. The van der Waals surface area contributed by atoms with Gasteiger partial charge < -0.3 is 15.0 Å². The van der Waals surface area contributed by atoms with Gasteiger partial charge in [0.15, 0.2) is 0 Å². The van der Waals surface area contributed by atoms with Gasteiger partial charge in [-0.1, -0.05) is 19.8 Å². The van der Waals surface area contributed by atoms with Crippen molar-refractivity contribution in [3.8, 4) is 0 Å². The van der Waals surface area contributed by atoms with Crippen molar-refractivity contribution in [2.24, 2.45) is 17.3 Å². The van der Waals surface area contributed by atoms with E-state index in [-0.39, 0.29) is 0 Å². The van der Waals surface area contributed by atoms with Crippen molar-refractivity contribution in [2.75, 3.05) is 46.9 Å². The molecule has 0 amide bonds. The van der Waals surface area contributed by atoms with Crippen LogP contribution in [-0.2, 0) is 4.74 Å². The second kappa shape index (κ2) is 7.77. The molecule has 1 saturated carbocycles. The standard InChI is InChI=1S/C17H34N2O/c1-15-5-4-8-17(11-15,13-18-2)14-19-9-6-16(7-10-19)12-20-3/h15-16,18H,4-14H2,1-3H3. The minimum atomic E-state index is 0.528. The second-order valence-corrected chi connectivity index (χ2v) is 7.41. The van der Waals surface area contributed by atoms with E-state index >= 15 is 0 Å². The number of rotatable bonds is 6. The van der Waals surface area contributed by atoms with E-state index in [0.29, 0.717) is 5.41 Å². The highest BCUT2D eigenvalue weighted by Gasteiger charge is 2.36. The van der Waals surface area contributed by atoms with Crippen molar-refractivity contribution in [2.45, 2.75) is 45.4 Å². The maximum atomic E-state index is 5.31. The first-order valence-electron chi connectivity index (χ1n) is 8.53. The van der Waals surface area contributed by atoms with Gasteiger partial charge in [0.1, 0.15) is 0 Å². The van der Waals surface area contributed by atoms with Crippen LogP contribution in [0.2, 0.25) is 0 Å². The maximum absolute atomic E-state index is 5.31. The second-order valence-electron chi connectivity index (χ2n) is 7.41. The summed E-state index contributed by atoms with van der Waals surface area (Å²) < 4.78 is 5.31. The summed E-state index contributed by atoms with van der Waals surface area (Å²) in [6, 6.07) is 0. The Morgan fingerprint density at radius 3 is 2.60 bits per heavy atom. The van der Waals surface area contributed by atoms with E-state index in [4.69, 9.17) is 4.74 Å². The topological polar surface area (TPSA) is 24.5 Å². The molecule has 0 aromatic heterocycles. The van der Waals surface area contributed by atoms with Gasteiger partial charge in [-0.3, -0.25) is 0 Å². The number of hydrogen-bond acceptors (Lipinski definition) is 3. The van der Waals surface area contributed by atoms with E-state index in [0.717, 1.165) is 18.4 Å². The molecule has 2 rings (SSSR count). The molecule has 1 N–H and O–H groups in total. The summed E-state index contributed by atoms with van der Waals surface area (Å²) in [7, 11) is 3.95. The van der Waals surface area contributed by atoms with E-state index in [1.54, 1.807) is 0 Å². The first-order valence-corrected chi connectivity index (χ1v) is 8.53. The van der Waals surface area contributed by atoms with Gasteiger partial charge >= 0.3 is 0 Å². The van der Waals surface area contributed by atoms with Crippen LogP contribution >= 0.6 is 0 Å². The molecule has 1 saturated heterocycles. The van der Waals surface area contributed by atoms with Crippen molar-refractivity contribution < 1.29 is 4.74 Å². The number of methoxy groups -OCH3 is 1. The molecule has 1 aliphatic carbocycles. The highest BCUT2D eigenvalue weighted by atomic mass is 16.5. The Bertz CT molecular complexity index is 272. The molecule has 2 fully saturated rings. The largest absolute Gasteiger partial charge is 0.384 e. The van der Waals surface area contributed by atoms with Gasteiger partial charge in [-0.2, -0.15) is 0 Å². The van der Waals surface area contributed by atoms with Gasteiger partial charge in [-0.15, -0.1) is 0 Å². The van der Waals surface area contributed by atoms with E-state index in [1.165, 1.54) is 64.7 Å². The Kier molecular flexibility index (Phi) is 6.31. The van der Waals surface area contributed by atoms with Gasteiger partial charge in [0.25, 0.3) is 0 Å². The molecular formula is C17H34N2O. The fourth-order valence-corrected chi connectivity index (χ4v) is 4.53. The molecule has 2 atom stereocenters. The molecule has 1 heterocycles. The van der Waals surface area contributed by atoms with Gasteiger partial charge in [0, 0.05) is 26.8 Å². The molecule has 3 heteroatoms. The number of piperidine rings is 1. The number of likely N-dealkylation sites (tertiary alicyclic amines) is 1. The van der Waals surface area contributed by atoms with Crippen LogP contribution in [-0.4, -0.2) is 51.8 Å². The van der Waals surface area contributed by atoms with Crippen LogP contribution in [0.3, 0.4) is 0 Å². The molecule has 20 heavy (non-hydrogen) atoms. The van der Waals surface area contributed by atoms with Crippen LogP contribution in [0, 0.1) is 17.3 Å². The first-order chi connectivity index (χ1) is 9.67. The van der Waals surface area contributed by atoms with Crippen LogP contribution in [0.1, 0.15) is 45.4 Å². The Labute approximate surface area is 125 Å². The van der Waals surface area contributed by atoms with Crippen LogP contribution < -0.4 is 5.32 Å². The lowest BCUT2D eigenvalue weighted by Gasteiger charge is -2.45. The van der Waals surface area contributed by atoms with Gasteiger partial charge in [-0.05, 0) is 63.1 Å². The van der Waals surface area contributed by atoms with Crippen molar-refractivity contribution in [3.05, 3.63) is 0 Å². The highest BCUT2D eigenvalue weighted by Crippen LogP contribution is 2.40. The molecule has 0 radical (unpaired) electrons. The third-order valence-corrected chi connectivity index (χ3v) is 5.41. The average Bonchev–Trinajstić information content (AvgIpc) is 2.41. The molecule has 2 aliphatic rings. The van der Waals surface area contributed by atoms with Crippen LogP contribution in [0.15, 0.2) is 0 Å². The molecule has 0 bridgehead atoms. The summed E-state index contributed by atoms with van der Waals surface area (Å²) >= 11 is 0. The van der Waals surface area contributed by atoms with Crippen LogP contribution in [0.4, 0.5) is 0 Å². The van der Waals surface area contributed by atoms with Crippen molar-refractivity contribution >= 4 is 0 Å². The van der Waals surface area contributed by atoms with Crippen molar-refractivity contribution in [1.82, 2.24) is 10.2 Å². The SMILES string of the molecule is CNCC1(CN2CCC(COC)CC2)CCCC(C)C1. The highest BCUT2D eigenvalue weighted by molar-refractivity contribution is 4.90. The van der Waals surface area contributed by atoms with E-state index in [2.05, 4.69) is 24.2 Å². The third kappa shape index (κ3) is 4.44. The summed E-state index contributed by atoms with van der Waals surface area (Å²) in [4.78, 5) is 2.72. The molecule has 0 aromatic carbocycles. The van der Waals surface area contributed by atoms with Crippen molar-refractivity contribution in [3.63, 3.8) is 0 Å². The minimum absolute atomic E-state index is 0.528. The number of hydrogen-bond donors (Lipinski definition) is 1. The van der Waals surface area contributed by atoms with E-state index < -0.39 is 0 Å². The van der Waals surface area contributed by atoms with Gasteiger partial charge in [0.2, 0.25) is 0 Å². The lowest BCUT2D eigenvalue weighted by atomic mass is 9.69. The zero-order chi connectivity index (χ0) is 14.4. The fourth-order valence-electron chi connectivity index (χ4n) is 4.53. The lowest BCUT2D eigenvalue weighted by Crippen LogP contribution is -2.48. The number of ether oxygens (including phenoxy) is 1. The average molecular weight is 282 g/mol. The van der Waals surface area contributed by atoms with Gasteiger partial charge in [-0.25, -0.2) is 0 Å². The van der Waals surface area contributed by atoms with Crippen LogP contribution in [0.25, 0.3) is 0 Å². The molecule has 118 valence electrons. The predicted octanol–water partition coefficient (Wildman–Crippen LogP) is 2.76. The van der Waals surface area contributed by atoms with Crippen molar-refractivity contribution in [1.29, 1.82) is 0 Å². The maximum Gasteiger partial charge on any atom is 0.0491 e. The normalized spacial score (nSPS) is 33.5. The zero-order valence-corrected chi connectivity index (χ0v) is 13.8. The predicted molar refractivity (Wildman–Crippen MR) is 85.0 cm³/mol. The third-order valence-electron chi connectivity index (χ3n) is 5.41. The first kappa shape index (κ1) is 16.3. The lowest BCUT2D eigenvalue weighted by molar-refractivity contribution is 0.0473. The number of nitrogens with zero attached hydrogens (tertiary/aromatic N) is 1. The minimum Gasteiger partial charge on any atom is -0.384 e. The fraction of sp³-hybridized carbons (Fsp3) is 1.00. The summed E-state index contributed by atoms with van der Waals surface area (Å²) in [6.45, 7) is 8.43. The Morgan fingerprint density at radius 2 is 2.00 bits per heavy atom. The smallest absolute Gasteiger partial charge is 0.0491 e. The molecular weight excluding hydrogens is 248 g/mol. The Morgan fingerprint density at radius 1 is 1.25 bits per heavy atom. The van der Waals surface area contributed by atoms with E-state index in [9.17, 15) is 0 Å². The summed E-state index contributed by atoms with van der Waals surface area (Å²) in [5, 5.41) is 3.47. The molecule has 2 unspecified atom stereocenters. The van der Waals surface area contributed by atoms with E-state index in [1.807, 2.05) is 7.11 Å². The van der Waals surface area contributed by atoms with Gasteiger partial charge in [0.05, 0.1) is 0 Å². The summed E-state index contributed by atoms with van der Waals surface area (Å²) in [6.07, 6.45) is 8.31.